The van der Waals surface area contributed by atoms with Gasteiger partial charge in [0.1, 0.15) is 0 Å². The first kappa shape index (κ1) is 9.92. The molecule has 0 aliphatic rings. The average molecular weight is 188 g/mol. The van der Waals surface area contributed by atoms with Gasteiger partial charge < -0.3 is 0 Å². The monoisotopic (exact) mass is 188 g/mol. The molecule has 0 amide bonds. The Morgan fingerprint density at radius 2 is 1.50 bits per heavy atom. The molecule has 70 valence electrons. The Hall–Kier alpha value is -2.16. The van der Waals surface area contributed by atoms with E-state index < -0.39 is 0 Å². The van der Waals surface area contributed by atoms with Gasteiger partial charge in [0.2, 0.25) is 0 Å². The van der Waals surface area contributed by atoms with Crippen LogP contribution < -0.4 is 0 Å². The third kappa shape index (κ3) is 3.06. The van der Waals surface area contributed by atoms with Gasteiger partial charge in [-0.3, -0.25) is 0 Å². The van der Waals surface area contributed by atoms with E-state index in [9.17, 15) is 0 Å². The lowest BCUT2D eigenvalue weighted by atomic mass is 10.1. The first-order valence-electron chi connectivity index (χ1n) is 3.96. The molecule has 1 aromatic carbocycles. The first-order chi connectivity index (χ1) is 6.86. The van der Waals surface area contributed by atoms with Crippen LogP contribution in [0.4, 0.5) is 0 Å². The molecule has 6 heteroatoms. The molecule has 0 spiro atoms. The first-order valence-corrected chi connectivity index (χ1v) is 3.96. The normalized spacial score (nSPS) is 8.57. The predicted octanol–water partition coefficient (Wildman–Crippen LogP) is 3.31. The highest BCUT2D eigenvalue weighted by molar-refractivity contribution is 5.23. The maximum Gasteiger partial charge on any atom is 0.0510 e. The summed E-state index contributed by atoms with van der Waals surface area (Å²) < 4.78 is 0. The molecule has 0 radical (unpaired) electrons. The van der Waals surface area contributed by atoms with Crippen molar-refractivity contribution in [1.29, 1.82) is 0 Å². The van der Waals surface area contributed by atoms with Crippen molar-refractivity contribution in [1.82, 2.24) is 0 Å². The van der Waals surface area contributed by atoms with E-state index in [-0.39, 0.29) is 0 Å². The minimum absolute atomic E-state index is 0.320. The lowest BCUT2D eigenvalue weighted by Crippen LogP contribution is -1.84. The number of nitrogens with zero attached hydrogens (tertiary/aromatic N) is 6. The fourth-order valence-corrected chi connectivity index (χ4v) is 1.05. The number of benzene rings is 1. The van der Waals surface area contributed by atoms with Gasteiger partial charge in [-0.2, -0.15) is 0 Å². The zero-order valence-electron chi connectivity index (χ0n) is 7.41. The van der Waals surface area contributed by atoms with Crippen LogP contribution in [0, 0.1) is 0 Å². The summed E-state index contributed by atoms with van der Waals surface area (Å²) in [4.78, 5) is 5.33. The molecule has 0 saturated carbocycles. The van der Waals surface area contributed by atoms with Crippen LogP contribution in [-0.2, 0) is 13.1 Å². The highest BCUT2D eigenvalue weighted by atomic mass is 15.1. The van der Waals surface area contributed by atoms with E-state index in [0.717, 1.165) is 11.1 Å². The molecule has 0 N–H and O–H groups in total. The summed E-state index contributed by atoms with van der Waals surface area (Å²) in [7, 11) is 0. The molecule has 6 nitrogen and oxygen atoms in total. The minimum Gasteiger partial charge on any atom is -0.0893 e. The van der Waals surface area contributed by atoms with Crippen molar-refractivity contribution in [2.75, 3.05) is 0 Å². The largest absolute Gasteiger partial charge is 0.0893 e. The zero-order valence-corrected chi connectivity index (χ0v) is 7.41. The Balaban J connectivity index is 2.77. The van der Waals surface area contributed by atoms with Crippen molar-refractivity contribution >= 4 is 0 Å². The maximum absolute atomic E-state index is 8.13. The smallest absolute Gasteiger partial charge is 0.0510 e. The molecule has 1 aromatic rings. The van der Waals surface area contributed by atoms with Crippen LogP contribution in [0.5, 0.6) is 0 Å². The fraction of sp³-hybridized carbons (Fsp3) is 0.250. The Morgan fingerprint density at radius 1 is 1.00 bits per heavy atom. The average Bonchev–Trinajstić information content (AvgIpc) is 2.24. The molecule has 0 bridgehead atoms. The third-order valence-corrected chi connectivity index (χ3v) is 1.62. The summed E-state index contributed by atoms with van der Waals surface area (Å²) in [6.07, 6.45) is 0. The van der Waals surface area contributed by atoms with Crippen molar-refractivity contribution in [3.63, 3.8) is 0 Å². The Morgan fingerprint density at radius 3 is 1.93 bits per heavy atom. The van der Waals surface area contributed by atoms with Crippen LogP contribution in [-0.4, -0.2) is 0 Å². The molecule has 0 saturated heterocycles. The topological polar surface area (TPSA) is 97.5 Å². The van der Waals surface area contributed by atoms with E-state index in [1.807, 2.05) is 24.3 Å². The summed E-state index contributed by atoms with van der Waals surface area (Å²) in [5, 5.41) is 6.88. The molecule has 0 fully saturated rings. The van der Waals surface area contributed by atoms with E-state index in [4.69, 9.17) is 11.1 Å². The summed E-state index contributed by atoms with van der Waals surface area (Å²) >= 11 is 0. The molecular formula is C8H8N6. The van der Waals surface area contributed by atoms with E-state index in [1.165, 1.54) is 0 Å². The fourth-order valence-electron chi connectivity index (χ4n) is 1.05. The van der Waals surface area contributed by atoms with Gasteiger partial charge in [-0.15, -0.1) is 0 Å². The van der Waals surface area contributed by atoms with Crippen molar-refractivity contribution < 1.29 is 0 Å². The minimum atomic E-state index is 0.320. The molecule has 0 aliphatic heterocycles. The van der Waals surface area contributed by atoms with Crippen LogP contribution in [0.2, 0.25) is 0 Å². The molecule has 0 unspecified atom stereocenters. The summed E-state index contributed by atoms with van der Waals surface area (Å²) in [5.74, 6) is 0. The number of hydrogen-bond donors (Lipinski definition) is 0. The quantitative estimate of drug-likeness (QED) is 0.393. The molecule has 0 heterocycles. The second kappa shape index (κ2) is 5.48. The van der Waals surface area contributed by atoms with Crippen molar-refractivity contribution in [3.8, 4) is 0 Å². The molecule has 0 aliphatic carbocycles. The van der Waals surface area contributed by atoms with Crippen molar-refractivity contribution in [3.05, 3.63) is 56.3 Å². The molecule has 0 atom stereocenters. The van der Waals surface area contributed by atoms with Crippen LogP contribution >= 0.6 is 0 Å². The van der Waals surface area contributed by atoms with E-state index in [1.54, 1.807) is 0 Å². The van der Waals surface area contributed by atoms with Gasteiger partial charge in [0.15, 0.2) is 0 Å². The van der Waals surface area contributed by atoms with Crippen LogP contribution in [0.1, 0.15) is 11.1 Å². The summed E-state index contributed by atoms with van der Waals surface area (Å²) in [6.45, 7) is 0.640. The Labute approximate surface area is 80.4 Å². The van der Waals surface area contributed by atoms with Crippen LogP contribution in [0.3, 0.4) is 0 Å². The van der Waals surface area contributed by atoms with Crippen molar-refractivity contribution in [2.45, 2.75) is 13.1 Å². The summed E-state index contributed by atoms with van der Waals surface area (Å²) in [6, 6.07) is 7.40. The molecule has 0 aromatic heterocycles. The number of azide groups is 2. The van der Waals surface area contributed by atoms with Gasteiger partial charge in [0, 0.05) is 9.82 Å². The molecule has 1 rings (SSSR count). The van der Waals surface area contributed by atoms with E-state index in [0.29, 0.717) is 13.1 Å². The zero-order chi connectivity index (χ0) is 10.2. The maximum atomic E-state index is 8.13. The van der Waals surface area contributed by atoms with Crippen LogP contribution in [0.15, 0.2) is 34.5 Å². The molecular weight excluding hydrogens is 180 g/mol. The van der Waals surface area contributed by atoms with Gasteiger partial charge in [-0.25, -0.2) is 0 Å². The Bertz CT molecular complexity index is 365. The Kier molecular flexibility index (Phi) is 3.88. The van der Waals surface area contributed by atoms with Gasteiger partial charge in [-0.05, 0) is 22.2 Å². The predicted molar refractivity (Wildman–Crippen MR) is 52.1 cm³/mol. The highest BCUT2D eigenvalue weighted by Gasteiger charge is 1.93. The van der Waals surface area contributed by atoms with Gasteiger partial charge in [0.05, 0.1) is 13.1 Å². The SMILES string of the molecule is [N-]=[N+]=NCc1cccc(CN=[N+]=[N-])c1. The lowest BCUT2D eigenvalue weighted by molar-refractivity contribution is 1.01. The standard InChI is InChI=1S/C8H8N6/c9-13-11-5-7-2-1-3-8(4-7)6-12-14-10/h1-4H,5-6H2. The molecule has 14 heavy (non-hydrogen) atoms. The number of hydrogen-bond acceptors (Lipinski definition) is 2. The van der Waals surface area contributed by atoms with E-state index in [2.05, 4.69) is 20.1 Å². The van der Waals surface area contributed by atoms with Crippen LogP contribution in [0.25, 0.3) is 20.9 Å². The second-order valence-corrected chi connectivity index (χ2v) is 2.60. The lowest BCUT2D eigenvalue weighted by Gasteiger charge is -1.98. The second-order valence-electron chi connectivity index (χ2n) is 2.60. The number of rotatable bonds is 4. The third-order valence-electron chi connectivity index (χ3n) is 1.62. The highest BCUT2D eigenvalue weighted by Crippen LogP contribution is 2.07. The van der Waals surface area contributed by atoms with Crippen molar-refractivity contribution in [2.24, 2.45) is 10.2 Å². The van der Waals surface area contributed by atoms with Gasteiger partial charge >= 0.3 is 0 Å². The van der Waals surface area contributed by atoms with Gasteiger partial charge in [0.25, 0.3) is 0 Å². The summed E-state index contributed by atoms with van der Waals surface area (Å²) in [5.41, 5.74) is 18.1. The van der Waals surface area contributed by atoms with E-state index >= 15 is 0 Å². The van der Waals surface area contributed by atoms with Gasteiger partial charge in [-0.1, -0.05) is 34.5 Å².